The second-order valence-corrected chi connectivity index (χ2v) is 9.45. The maximum atomic E-state index is 13.4. The van der Waals surface area contributed by atoms with E-state index >= 15 is 0 Å². The van der Waals surface area contributed by atoms with E-state index < -0.39 is 34.8 Å². The van der Waals surface area contributed by atoms with E-state index in [-0.39, 0.29) is 22.4 Å². The molecular formula is C29H22N2O7S. The molecule has 9 nitrogen and oxygen atoms in total. The lowest BCUT2D eigenvalue weighted by Crippen LogP contribution is -2.19. The molecule has 0 fully saturated rings. The standard InChI is InChI=1S/C29H22N2O7S/c32-24-14-13-19(16-23(24)29(37)38)31-27(34)25(17-7-2-1-3-8-17)39-20-10-6-9-18(15-20)30-26(33)21-11-4-5-12-22(21)28(35)36/h1-16,25,32H,(H,30,33)(H,31,34)(H,35,36)(H,37,38). The van der Waals surface area contributed by atoms with Crippen LogP contribution < -0.4 is 10.6 Å². The van der Waals surface area contributed by atoms with Gasteiger partial charge in [0, 0.05) is 16.3 Å². The summed E-state index contributed by atoms with van der Waals surface area (Å²) in [6, 6.07) is 25.4. The van der Waals surface area contributed by atoms with E-state index in [4.69, 9.17) is 0 Å². The normalized spacial score (nSPS) is 11.3. The molecule has 0 radical (unpaired) electrons. The number of carbonyl (C=O) groups excluding carboxylic acids is 2. The minimum atomic E-state index is -1.33. The Labute approximate surface area is 227 Å². The molecule has 0 aliphatic heterocycles. The molecule has 0 aliphatic carbocycles. The van der Waals surface area contributed by atoms with Crippen molar-refractivity contribution in [2.75, 3.05) is 10.6 Å². The van der Waals surface area contributed by atoms with Crippen molar-refractivity contribution in [3.63, 3.8) is 0 Å². The highest BCUT2D eigenvalue weighted by atomic mass is 32.2. The van der Waals surface area contributed by atoms with Crippen molar-refractivity contribution >= 4 is 46.9 Å². The van der Waals surface area contributed by atoms with E-state index in [2.05, 4.69) is 10.6 Å². The lowest BCUT2D eigenvalue weighted by molar-refractivity contribution is -0.115. The number of nitrogens with one attached hydrogen (secondary N) is 2. The van der Waals surface area contributed by atoms with E-state index in [1.54, 1.807) is 54.6 Å². The van der Waals surface area contributed by atoms with Crippen molar-refractivity contribution in [1.29, 1.82) is 0 Å². The first-order valence-electron chi connectivity index (χ1n) is 11.6. The third kappa shape index (κ3) is 6.62. The summed E-state index contributed by atoms with van der Waals surface area (Å²) in [6.45, 7) is 0. The Hall–Kier alpha value is -5.09. The molecule has 1 unspecified atom stereocenters. The molecule has 2 amide bonds. The molecule has 4 aromatic rings. The van der Waals surface area contributed by atoms with Crippen LogP contribution in [0.1, 0.15) is 41.9 Å². The van der Waals surface area contributed by atoms with Crippen molar-refractivity contribution in [1.82, 2.24) is 0 Å². The average Bonchev–Trinajstić information content (AvgIpc) is 2.93. The molecule has 0 heterocycles. The summed E-state index contributed by atoms with van der Waals surface area (Å²) in [5.74, 6) is -3.99. The summed E-state index contributed by atoms with van der Waals surface area (Å²) in [5, 5.41) is 33.1. The van der Waals surface area contributed by atoms with Gasteiger partial charge in [-0.25, -0.2) is 9.59 Å². The molecule has 39 heavy (non-hydrogen) atoms. The third-order valence-corrected chi connectivity index (χ3v) is 6.83. The van der Waals surface area contributed by atoms with Gasteiger partial charge in [0.25, 0.3) is 5.91 Å². The van der Waals surface area contributed by atoms with Gasteiger partial charge < -0.3 is 26.0 Å². The molecule has 10 heteroatoms. The van der Waals surface area contributed by atoms with Gasteiger partial charge in [-0.3, -0.25) is 9.59 Å². The van der Waals surface area contributed by atoms with E-state index in [0.717, 1.165) is 0 Å². The monoisotopic (exact) mass is 542 g/mol. The number of amides is 2. The molecule has 196 valence electrons. The largest absolute Gasteiger partial charge is 0.507 e. The summed E-state index contributed by atoms with van der Waals surface area (Å²) in [7, 11) is 0. The molecular weight excluding hydrogens is 520 g/mol. The average molecular weight is 543 g/mol. The van der Waals surface area contributed by atoms with Crippen LogP contribution in [0.2, 0.25) is 0 Å². The third-order valence-electron chi connectivity index (χ3n) is 5.58. The molecule has 0 aliphatic rings. The molecule has 4 aromatic carbocycles. The van der Waals surface area contributed by atoms with E-state index in [1.807, 2.05) is 6.07 Å². The van der Waals surface area contributed by atoms with Crippen LogP contribution in [0.15, 0.2) is 102 Å². The molecule has 0 bridgehead atoms. The number of thioether (sulfide) groups is 1. The fourth-order valence-electron chi connectivity index (χ4n) is 3.74. The summed E-state index contributed by atoms with van der Waals surface area (Å²) in [4.78, 5) is 49.7. The number of phenols is 1. The van der Waals surface area contributed by atoms with Gasteiger partial charge in [-0.1, -0.05) is 48.5 Å². The first-order valence-corrected chi connectivity index (χ1v) is 12.4. The second kappa shape index (κ2) is 12.0. The van der Waals surface area contributed by atoms with Crippen LogP contribution in [-0.4, -0.2) is 39.1 Å². The van der Waals surface area contributed by atoms with Crippen LogP contribution in [0.25, 0.3) is 0 Å². The van der Waals surface area contributed by atoms with Crippen LogP contribution in [0.3, 0.4) is 0 Å². The number of benzene rings is 4. The lowest BCUT2D eigenvalue weighted by atomic mass is 10.1. The van der Waals surface area contributed by atoms with E-state index in [0.29, 0.717) is 16.1 Å². The number of aromatic carboxylic acids is 2. The van der Waals surface area contributed by atoms with Crippen molar-refractivity contribution in [3.8, 4) is 5.75 Å². The first-order chi connectivity index (χ1) is 18.7. The van der Waals surface area contributed by atoms with Gasteiger partial charge in [0.05, 0.1) is 11.1 Å². The van der Waals surface area contributed by atoms with Gasteiger partial charge in [0.15, 0.2) is 0 Å². The van der Waals surface area contributed by atoms with Crippen LogP contribution in [-0.2, 0) is 4.79 Å². The SMILES string of the molecule is O=C(O)c1cc(NC(=O)C(Sc2cccc(NC(=O)c3ccccc3C(=O)O)c2)c2ccccc2)ccc1O. The zero-order chi connectivity index (χ0) is 27.9. The molecule has 5 N–H and O–H groups in total. The molecule has 0 saturated carbocycles. The molecule has 1 atom stereocenters. The van der Waals surface area contributed by atoms with Gasteiger partial charge in [0.1, 0.15) is 16.6 Å². The van der Waals surface area contributed by atoms with Crippen molar-refractivity contribution in [3.05, 3.63) is 119 Å². The maximum absolute atomic E-state index is 13.4. The number of carboxylic acids is 2. The van der Waals surface area contributed by atoms with Crippen LogP contribution in [0, 0.1) is 0 Å². The topological polar surface area (TPSA) is 153 Å². The highest BCUT2D eigenvalue weighted by Gasteiger charge is 2.23. The number of carboxylic acid groups (broad SMARTS) is 2. The molecule has 0 saturated heterocycles. The van der Waals surface area contributed by atoms with Crippen molar-refractivity contribution in [2.45, 2.75) is 10.1 Å². The summed E-state index contributed by atoms with van der Waals surface area (Å²) in [6.07, 6.45) is 0. The number of carbonyl (C=O) groups is 4. The number of rotatable bonds is 9. The van der Waals surface area contributed by atoms with E-state index in [9.17, 15) is 34.5 Å². The van der Waals surface area contributed by atoms with E-state index in [1.165, 1.54) is 48.2 Å². The summed E-state index contributed by atoms with van der Waals surface area (Å²) < 4.78 is 0. The molecule has 0 aromatic heterocycles. The number of aromatic hydroxyl groups is 1. The minimum Gasteiger partial charge on any atom is -0.507 e. The van der Waals surface area contributed by atoms with Crippen molar-refractivity contribution in [2.24, 2.45) is 0 Å². The highest BCUT2D eigenvalue weighted by molar-refractivity contribution is 8.00. The summed E-state index contributed by atoms with van der Waals surface area (Å²) in [5.41, 5.74) is 0.837. The predicted molar refractivity (Wildman–Crippen MR) is 147 cm³/mol. The fraction of sp³-hybridized carbons (Fsp3) is 0.0345. The quantitative estimate of drug-likeness (QED) is 0.137. The molecule has 4 rings (SSSR count). The lowest BCUT2D eigenvalue weighted by Gasteiger charge is -2.18. The van der Waals surface area contributed by atoms with Crippen molar-refractivity contribution < 1.29 is 34.5 Å². The Morgan fingerprint density at radius 1 is 0.641 bits per heavy atom. The minimum absolute atomic E-state index is 0.0132. The van der Waals surface area contributed by atoms with Gasteiger partial charge in [-0.05, 0) is 54.1 Å². The Kier molecular flexibility index (Phi) is 8.27. The fourth-order valence-corrected chi connectivity index (χ4v) is 4.83. The number of hydrogen-bond acceptors (Lipinski definition) is 6. The molecule has 0 spiro atoms. The Balaban J connectivity index is 1.57. The van der Waals surface area contributed by atoms with Gasteiger partial charge in [0.2, 0.25) is 5.91 Å². The maximum Gasteiger partial charge on any atom is 0.339 e. The van der Waals surface area contributed by atoms with Crippen LogP contribution in [0.5, 0.6) is 5.75 Å². The van der Waals surface area contributed by atoms with Gasteiger partial charge in [-0.15, -0.1) is 11.8 Å². The zero-order valence-electron chi connectivity index (χ0n) is 20.2. The predicted octanol–water partition coefficient (Wildman–Crippen LogP) is 5.51. The van der Waals surface area contributed by atoms with Crippen LogP contribution >= 0.6 is 11.8 Å². The summed E-state index contributed by atoms with van der Waals surface area (Å²) >= 11 is 1.20. The van der Waals surface area contributed by atoms with Crippen LogP contribution in [0.4, 0.5) is 11.4 Å². The Morgan fingerprint density at radius 2 is 1.28 bits per heavy atom. The highest BCUT2D eigenvalue weighted by Crippen LogP contribution is 2.37. The Morgan fingerprint density at radius 3 is 1.97 bits per heavy atom. The Bertz CT molecular complexity index is 1560. The van der Waals surface area contributed by atoms with Gasteiger partial charge in [-0.2, -0.15) is 0 Å². The van der Waals surface area contributed by atoms with Gasteiger partial charge >= 0.3 is 11.9 Å². The number of anilines is 2. The smallest absolute Gasteiger partial charge is 0.339 e. The zero-order valence-corrected chi connectivity index (χ0v) is 21.0. The number of hydrogen-bond donors (Lipinski definition) is 5. The first kappa shape index (κ1) is 27.0. The second-order valence-electron chi connectivity index (χ2n) is 8.27.